The third-order valence-electron chi connectivity index (χ3n) is 11.0. The Morgan fingerprint density at radius 3 is 1.62 bits per heavy atom. The van der Waals surface area contributed by atoms with Crippen LogP contribution >= 0.6 is 0 Å². The van der Waals surface area contributed by atoms with Gasteiger partial charge in [-0.2, -0.15) is 0 Å². The minimum Gasteiger partial charge on any atom is -0.308 e. The maximum Gasteiger partial charge on any atom is 0.166 e. The highest BCUT2D eigenvalue weighted by Gasteiger charge is 2.45. The lowest BCUT2D eigenvalue weighted by atomic mass is 9.61. The summed E-state index contributed by atoms with van der Waals surface area (Å²) < 4.78 is 2.39. The van der Waals surface area contributed by atoms with E-state index in [4.69, 9.17) is 0 Å². The summed E-state index contributed by atoms with van der Waals surface area (Å²) in [6.45, 7) is 4.54. The highest BCUT2D eigenvalue weighted by Crippen LogP contribution is 2.55. The molecular weight excluding hydrogens is 478 g/mol. The first-order chi connectivity index (χ1) is 19.0. The first kappa shape index (κ1) is 20.9. The Labute approximate surface area is 225 Å². The number of carbonyl (C=O) groups is 2. The molecule has 4 bridgehead atoms. The zero-order chi connectivity index (χ0) is 25.9. The van der Waals surface area contributed by atoms with Gasteiger partial charge in [0.2, 0.25) is 0 Å². The van der Waals surface area contributed by atoms with Crippen LogP contribution in [0.4, 0.5) is 0 Å². The lowest BCUT2D eigenvalue weighted by molar-refractivity contribution is 0.0786. The number of aryl methyl sites for hydroxylation is 2. The van der Waals surface area contributed by atoms with Crippen LogP contribution in [0, 0.1) is 25.7 Å². The van der Waals surface area contributed by atoms with Crippen LogP contribution in [0.15, 0.2) is 54.6 Å². The van der Waals surface area contributed by atoms with E-state index >= 15 is 0 Å². The van der Waals surface area contributed by atoms with Crippen LogP contribution in [0.3, 0.4) is 0 Å². The summed E-state index contributed by atoms with van der Waals surface area (Å²) in [5, 5.41) is 5.09. The van der Waals surface area contributed by atoms with Crippen LogP contribution in [0.25, 0.3) is 49.2 Å². The van der Waals surface area contributed by atoms with Gasteiger partial charge in [0.25, 0.3) is 0 Å². The predicted molar refractivity (Wildman–Crippen MR) is 156 cm³/mol. The van der Waals surface area contributed by atoms with E-state index in [-0.39, 0.29) is 11.8 Å². The van der Waals surface area contributed by atoms with Crippen molar-refractivity contribution in [3.63, 3.8) is 0 Å². The van der Waals surface area contributed by atoms with Gasteiger partial charge < -0.3 is 4.40 Å². The fraction of sp³-hybridized carbons (Fsp3) is 0.278. The van der Waals surface area contributed by atoms with Crippen molar-refractivity contribution in [2.45, 2.75) is 51.4 Å². The van der Waals surface area contributed by atoms with E-state index in [9.17, 15) is 9.59 Å². The Balaban J connectivity index is 1.45. The number of benzene rings is 4. The Bertz CT molecular complexity index is 2010. The smallest absolute Gasteiger partial charge is 0.166 e. The van der Waals surface area contributed by atoms with Crippen LogP contribution in [0.5, 0.6) is 0 Å². The standard InChI is InChI=1S/C36H27NO2/c1-16-31(18-6-4-3-5-7-18)17(2)33-28-13-24-20-10-22(11-20)36(39)26(24)15-30(28)37-29-14-25-23(12-27(29)32(16)34(33)37)19-8-21(9-19)35(25)38/h3-7,12-15,19-22H,8-11H2,1-2H3. The fourth-order valence-corrected chi connectivity index (χ4v) is 9.00. The molecule has 0 amide bonds. The molecule has 12 rings (SSSR count). The average Bonchev–Trinajstić information content (AvgIpc) is 3.38. The molecule has 0 N–H and O–H groups in total. The van der Waals surface area contributed by atoms with E-state index in [1.54, 1.807) is 0 Å². The summed E-state index contributed by atoms with van der Waals surface area (Å²) in [5.74, 6) is 2.08. The monoisotopic (exact) mass is 505 g/mol. The summed E-state index contributed by atoms with van der Waals surface area (Å²) >= 11 is 0. The third kappa shape index (κ3) is 2.27. The van der Waals surface area contributed by atoms with Gasteiger partial charge in [-0.25, -0.2) is 0 Å². The molecule has 2 aromatic heterocycles. The molecule has 0 unspecified atom stereocenters. The first-order valence-electron chi connectivity index (χ1n) is 14.5. The number of ketones is 2. The molecule has 6 aliphatic rings. The van der Waals surface area contributed by atoms with Crippen LogP contribution in [-0.2, 0) is 0 Å². The van der Waals surface area contributed by atoms with Crippen molar-refractivity contribution in [1.29, 1.82) is 0 Å². The van der Waals surface area contributed by atoms with Crippen molar-refractivity contribution >= 4 is 49.7 Å². The topological polar surface area (TPSA) is 38.5 Å². The molecule has 188 valence electrons. The lowest BCUT2D eigenvalue weighted by Gasteiger charge is -2.41. The number of aromatic nitrogens is 1. The molecule has 0 radical (unpaired) electrons. The number of hydrogen-bond acceptors (Lipinski definition) is 2. The zero-order valence-electron chi connectivity index (χ0n) is 22.1. The Hall–Kier alpha value is -3.98. The van der Waals surface area contributed by atoms with Crippen molar-refractivity contribution < 1.29 is 9.59 Å². The molecule has 6 aromatic rings. The molecule has 6 aliphatic carbocycles. The highest BCUT2D eigenvalue weighted by atomic mass is 16.1. The summed E-state index contributed by atoms with van der Waals surface area (Å²) in [6, 6.07) is 19.9. The van der Waals surface area contributed by atoms with Gasteiger partial charge in [-0.3, -0.25) is 9.59 Å². The second-order valence-corrected chi connectivity index (χ2v) is 12.8. The SMILES string of the molecule is Cc1c(-c2ccccc2)c(C)c2c3cc4c(cc3n3c5cc6c(cc5c1c23)C1CC(C1)C6=O)C(=O)C1CC4C1. The normalized spacial score (nSPS) is 24.9. The van der Waals surface area contributed by atoms with E-state index in [2.05, 4.69) is 72.8 Å². The Kier molecular flexibility index (Phi) is 3.53. The van der Waals surface area contributed by atoms with Crippen LogP contribution in [0.2, 0.25) is 0 Å². The molecule has 0 spiro atoms. The molecule has 3 nitrogen and oxygen atoms in total. The molecule has 4 aromatic carbocycles. The molecule has 3 heteroatoms. The van der Waals surface area contributed by atoms with Crippen molar-refractivity contribution in [3.8, 4) is 11.1 Å². The Morgan fingerprint density at radius 2 is 1.13 bits per heavy atom. The summed E-state index contributed by atoms with van der Waals surface area (Å²) in [7, 11) is 0. The highest BCUT2D eigenvalue weighted by molar-refractivity contribution is 6.28. The van der Waals surface area contributed by atoms with Gasteiger partial charge in [0.15, 0.2) is 11.6 Å². The van der Waals surface area contributed by atoms with E-state index in [0.29, 0.717) is 23.4 Å². The van der Waals surface area contributed by atoms with E-state index < -0.39 is 0 Å². The molecule has 2 saturated carbocycles. The summed E-state index contributed by atoms with van der Waals surface area (Å²) in [6.07, 6.45) is 4.03. The van der Waals surface area contributed by atoms with Crippen LogP contribution in [-0.4, -0.2) is 16.0 Å². The number of rotatable bonds is 1. The molecule has 2 heterocycles. The minimum absolute atomic E-state index is 0.204. The average molecular weight is 506 g/mol. The summed E-state index contributed by atoms with van der Waals surface area (Å²) in [4.78, 5) is 26.7. The van der Waals surface area contributed by atoms with E-state index in [1.165, 1.54) is 60.4 Å². The molecule has 0 atom stereocenters. The first-order valence-corrected chi connectivity index (χ1v) is 14.5. The second kappa shape index (κ2) is 6.59. The van der Waals surface area contributed by atoms with Crippen molar-refractivity contribution in [1.82, 2.24) is 4.40 Å². The van der Waals surface area contributed by atoms with Gasteiger partial charge in [-0.15, -0.1) is 0 Å². The largest absolute Gasteiger partial charge is 0.308 e. The fourth-order valence-electron chi connectivity index (χ4n) is 9.00. The minimum atomic E-state index is 0.204. The second-order valence-electron chi connectivity index (χ2n) is 12.8. The molecule has 39 heavy (non-hydrogen) atoms. The number of Topliss-reactive ketones (excluding diaryl/α,β-unsaturated/α-hetero) is 2. The van der Waals surface area contributed by atoms with Gasteiger partial charge in [-0.05, 0) is 109 Å². The number of fused-ring (bicyclic) bond motifs is 6. The van der Waals surface area contributed by atoms with E-state index in [0.717, 1.165) is 47.8 Å². The van der Waals surface area contributed by atoms with Gasteiger partial charge in [0.05, 0.1) is 16.6 Å². The number of hydrogen-bond donors (Lipinski definition) is 0. The maximum absolute atomic E-state index is 13.4. The van der Waals surface area contributed by atoms with Gasteiger partial charge in [0, 0.05) is 44.5 Å². The quantitative estimate of drug-likeness (QED) is 0.225. The third-order valence-corrected chi connectivity index (χ3v) is 11.0. The lowest BCUT2D eigenvalue weighted by Crippen LogP contribution is -2.36. The molecule has 2 fully saturated rings. The number of carbonyl (C=O) groups excluding carboxylic acids is 2. The van der Waals surface area contributed by atoms with Gasteiger partial charge >= 0.3 is 0 Å². The predicted octanol–water partition coefficient (Wildman–Crippen LogP) is 8.50. The molecule has 0 aliphatic heterocycles. The van der Waals surface area contributed by atoms with Gasteiger partial charge in [0.1, 0.15) is 0 Å². The van der Waals surface area contributed by atoms with Crippen LogP contribution in [0.1, 0.15) is 80.5 Å². The Morgan fingerprint density at radius 1 is 0.641 bits per heavy atom. The number of nitrogens with zero attached hydrogens (tertiary/aromatic N) is 1. The van der Waals surface area contributed by atoms with Crippen molar-refractivity contribution in [2.24, 2.45) is 11.8 Å². The van der Waals surface area contributed by atoms with E-state index in [1.807, 2.05) is 0 Å². The molecule has 0 saturated heterocycles. The zero-order valence-corrected chi connectivity index (χ0v) is 22.1. The maximum atomic E-state index is 13.4. The van der Waals surface area contributed by atoms with Crippen LogP contribution < -0.4 is 0 Å². The summed E-state index contributed by atoms with van der Waals surface area (Å²) in [5.41, 5.74) is 13.0. The van der Waals surface area contributed by atoms with Crippen molar-refractivity contribution in [3.05, 3.63) is 88.0 Å². The van der Waals surface area contributed by atoms with Crippen molar-refractivity contribution in [2.75, 3.05) is 0 Å². The molecular formula is C36H27NO2. The van der Waals surface area contributed by atoms with Gasteiger partial charge in [-0.1, -0.05) is 30.3 Å².